The van der Waals surface area contributed by atoms with E-state index in [0.29, 0.717) is 5.15 Å². The molecule has 11 heavy (non-hydrogen) atoms. The molecule has 0 fully saturated rings. The van der Waals surface area contributed by atoms with Crippen molar-refractivity contribution in [2.45, 2.75) is 27.7 Å². The van der Waals surface area contributed by atoms with Crippen molar-refractivity contribution < 1.29 is 0 Å². The molecule has 1 heterocycles. The zero-order valence-corrected chi connectivity index (χ0v) is 8.24. The van der Waals surface area contributed by atoms with Gasteiger partial charge in [-0.15, -0.1) is 0 Å². The van der Waals surface area contributed by atoms with Crippen molar-refractivity contribution in [3.63, 3.8) is 0 Å². The normalized spacial score (nSPS) is 8.45. The molecule has 2 heteroatoms. The van der Waals surface area contributed by atoms with Crippen molar-refractivity contribution in [1.29, 1.82) is 0 Å². The van der Waals surface area contributed by atoms with E-state index < -0.39 is 0 Å². The standard InChI is InChI=1S/C7H8ClN.C2H6/c1-5-3-4-9-7(8)6(5)2;1-2/h3-4H,1-2H3;1-2H3. The quantitative estimate of drug-likeness (QED) is 0.546. The number of aromatic nitrogens is 1. The average molecular weight is 172 g/mol. The first-order valence-electron chi connectivity index (χ1n) is 3.79. The fourth-order valence-corrected chi connectivity index (χ4v) is 0.804. The van der Waals surface area contributed by atoms with E-state index in [-0.39, 0.29) is 0 Å². The van der Waals surface area contributed by atoms with Gasteiger partial charge in [-0.2, -0.15) is 0 Å². The Bertz CT molecular complexity index is 201. The van der Waals surface area contributed by atoms with Gasteiger partial charge < -0.3 is 0 Å². The molecule has 0 saturated heterocycles. The fraction of sp³-hybridized carbons (Fsp3) is 0.444. The molecule has 0 radical (unpaired) electrons. The van der Waals surface area contributed by atoms with E-state index >= 15 is 0 Å². The molecule has 0 aliphatic rings. The highest BCUT2D eigenvalue weighted by molar-refractivity contribution is 6.30. The molecule has 0 saturated carbocycles. The van der Waals surface area contributed by atoms with Crippen molar-refractivity contribution in [3.05, 3.63) is 28.5 Å². The summed E-state index contributed by atoms with van der Waals surface area (Å²) in [6, 6.07) is 1.95. The summed E-state index contributed by atoms with van der Waals surface area (Å²) in [5.74, 6) is 0. The van der Waals surface area contributed by atoms with Crippen LogP contribution in [0, 0.1) is 13.8 Å². The van der Waals surface area contributed by atoms with Gasteiger partial charge in [0.2, 0.25) is 0 Å². The summed E-state index contributed by atoms with van der Waals surface area (Å²) in [6.07, 6.45) is 1.71. The van der Waals surface area contributed by atoms with Crippen LogP contribution in [0.25, 0.3) is 0 Å². The maximum atomic E-state index is 5.70. The molecule has 0 atom stereocenters. The van der Waals surface area contributed by atoms with Crippen LogP contribution in [0.1, 0.15) is 25.0 Å². The van der Waals surface area contributed by atoms with Gasteiger partial charge in [0.25, 0.3) is 0 Å². The van der Waals surface area contributed by atoms with Crippen LogP contribution in [0.4, 0.5) is 0 Å². The molecule has 1 aromatic heterocycles. The molecule has 0 aliphatic carbocycles. The van der Waals surface area contributed by atoms with E-state index in [1.807, 2.05) is 33.8 Å². The molecular weight excluding hydrogens is 158 g/mol. The van der Waals surface area contributed by atoms with E-state index in [1.54, 1.807) is 6.20 Å². The van der Waals surface area contributed by atoms with Crippen LogP contribution in [0.15, 0.2) is 12.3 Å². The molecule has 1 nitrogen and oxygen atoms in total. The SMILES string of the molecule is CC.Cc1ccnc(Cl)c1C. The third-order valence-corrected chi connectivity index (χ3v) is 1.79. The van der Waals surface area contributed by atoms with Crippen LogP contribution in [-0.4, -0.2) is 4.98 Å². The molecular formula is C9H14ClN. The fourth-order valence-electron chi connectivity index (χ4n) is 0.599. The second-order valence-electron chi connectivity index (χ2n) is 2.04. The minimum Gasteiger partial charge on any atom is -0.244 e. The Morgan fingerprint density at radius 3 is 2.18 bits per heavy atom. The lowest BCUT2D eigenvalue weighted by Crippen LogP contribution is -1.83. The number of rotatable bonds is 0. The lowest BCUT2D eigenvalue weighted by atomic mass is 10.2. The van der Waals surface area contributed by atoms with Gasteiger partial charge in [-0.05, 0) is 31.0 Å². The van der Waals surface area contributed by atoms with Crippen LogP contribution in [-0.2, 0) is 0 Å². The summed E-state index contributed by atoms with van der Waals surface area (Å²) in [5.41, 5.74) is 2.26. The molecule has 1 rings (SSSR count). The first kappa shape index (κ1) is 10.4. The average Bonchev–Trinajstić information content (AvgIpc) is 2.04. The maximum Gasteiger partial charge on any atom is 0.132 e. The molecule has 1 aromatic rings. The van der Waals surface area contributed by atoms with Gasteiger partial charge in [-0.3, -0.25) is 0 Å². The Kier molecular flexibility index (Phi) is 4.88. The van der Waals surface area contributed by atoms with Gasteiger partial charge in [0.05, 0.1) is 0 Å². The zero-order chi connectivity index (χ0) is 8.85. The molecule has 0 aromatic carbocycles. The zero-order valence-electron chi connectivity index (χ0n) is 7.48. The number of hydrogen-bond donors (Lipinski definition) is 0. The molecule has 0 amide bonds. The number of halogens is 1. The van der Waals surface area contributed by atoms with E-state index in [0.717, 1.165) is 5.56 Å². The van der Waals surface area contributed by atoms with Gasteiger partial charge >= 0.3 is 0 Å². The van der Waals surface area contributed by atoms with Gasteiger partial charge in [0.15, 0.2) is 0 Å². The lowest BCUT2D eigenvalue weighted by Gasteiger charge is -1.97. The molecule has 0 unspecified atom stereocenters. The Labute approximate surface area is 73.4 Å². The highest BCUT2D eigenvalue weighted by Crippen LogP contribution is 2.13. The van der Waals surface area contributed by atoms with Crippen LogP contribution in [0.3, 0.4) is 0 Å². The van der Waals surface area contributed by atoms with Crippen LogP contribution >= 0.6 is 11.6 Å². The summed E-state index contributed by atoms with van der Waals surface area (Å²) < 4.78 is 0. The van der Waals surface area contributed by atoms with Crippen molar-refractivity contribution in [2.24, 2.45) is 0 Å². The van der Waals surface area contributed by atoms with Crippen LogP contribution in [0.2, 0.25) is 5.15 Å². The minimum absolute atomic E-state index is 0.606. The Morgan fingerprint density at radius 1 is 1.27 bits per heavy atom. The first-order chi connectivity index (χ1) is 5.22. The maximum absolute atomic E-state index is 5.70. The first-order valence-corrected chi connectivity index (χ1v) is 4.17. The smallest absolute Gasteiger partial charge is 0.132 e. The highest BCUT2D eigenvalue weighted by atomic mass is 35.5. The number of pyridine rings is 1. The monoisotopic (exact) mass is 171 g/mol. The summed E-state index contributed by atoms with van der Waals surface area (Å²) in [4.78, 5) is 3.90. The molecule has 62 valence electrons. The van der Waals surface area contributed by atoms with E-state index in [1.165, 1.54) is 5.56 Å². The van der Waals surface area contributed by atoms with Gasteiger partial charge in [-0.1, -0.05) is 25.4 Å². The van der Waals surface area contributed by atoms with Crippen molar-refractivity contribution >= 4 is 11.6 Å². The minimum atomic E-state index is 0.606. The highest BCUT2D eigenvalue weighted by Gasteiger charge is 1.95. The third kappa shape index (κ3) is 2.89. The Hall–Kier alpha value is -0.560. The summed E-state index contributed by atoms with van der Waals surface area (Å²) >= 11 is 5.70. The molecule has 0 N–H and O–H groups in total. The van der Waals surface area contributed by atoms with E-state index in [4.69, 9.17) is 11.6 Å². The van der Waals surface area contributed by atoms with Crippen molar-refractivity contribution in [2.75, 3.05) is 0 Å². The summed E-state index contributed by atoms with van der Waals surface area (Å²) in [5, 5.41) is 0.606. The predicted octanol–water partition coefficient (Wildman–Crippen LogP) is 3.38. The summed E-state index contributed by atoms with van der Waals surface area (Å²) in [7, 11) is 0. The second-order valence-corrected chi connectivity index (χ2v) is 2.40. The Morgan fingerprint density at radius 2 is 1.82 bits per heavy atom. The number of aryl methyl sites for hydroxylation is 1. The Balaban J connectivity index is 0.000000461. The second kappa shape index (κ2) is 5.14. The lowest BCUT2D eigenvalue weighted by molar-refractivity contribution is 1.22. The third-order valence-electron chi connectivity index (χ3n) is 1.41. The van der Waals surface area contributed by atoms with E-state index in [2.05, 4.69) is 4.98 Å². The number of hydrogen-bond acceptors (Lipinski definition) is 1. The van der Waals surface area contributed by atoms with Crippen molar-refractivity contribution in [3.8, 4) is 0 Å². The summed E-state index contributed by atoms with van der Waals surface area (Å²) in [6.45, 7) is 7.98. The molecule has 0 aliphatic heterocycles. The van der Waals surface area contributed by atoms with Crippen molar-refractivity contribution in [1.82, 2.24) is 4.98 Å². The van der Waals surface area contributed by atoms with Gasteiger partial charge in [0, 0.05) is 6.20 Å². The van der Waals surface area contributed by atoms with Crippen LogP contribution < -0.4 is 0 Å². The predicted molar refractivity (Wildman–Crippen MR) is 50.1 cm³/mol. The van der Waals surface area contributed by atoms with Gasteiger partial charge in [0.1, 0.15) is 5.15 Å². The largest absolute Gasteiger partial charge is 0.244 e. The number of nitrogens with zero attached hydrogens (tertiary/aromatic N) is 1. The molecule has 0 bridgehead atoms. The van der Waals surface area contributed by atoms with E-state index in [9.17, 15) is 0 Å². The van der Waals surface area contributed by atoms with Gasteiger partial charge in [-0.25, -0.2) is 4.98 Å². The topological polar surface area (TPSA) is 12.9 Å². The molecule has 0 spiro atoms. The van der Waals surface area contributed by atoms with Crippen LogP contribution in [0.5, 0.6) is 0 Å².